The lowest BCUT2D eigenvalue weighted by Crippen LogP contribution is -2.41. The number of methoxy groups -OCH3 is 1. The van der Waals surface area contributed by atoms with Gasteiger partial charge in [0.1, 0.15) is 23.5 Å². The van der Waals surface area contributed by atoms with Gasteiger partial charge in [-0.15, -0.1) is 0 Å². The van der Waals surface area contributed by atoms with Gasteiger partial charge >= 0.3 is 0 Å². The summed E-state index contributed by atoms with van der Waals surface area (Å²) in [5.41, 5.74) is 3.36. The number of H-pyrrole nitrogens is 1. The molecule has 2 aliphatic rings. The molecule has 0 aliphatic carbocycles. The summed E-state index contributed by atoms with van der Waals surface area (Å²) in [6.07, 6.45) is 4.01. The summed E-state index contributed by atoms with van der Waals surface area (Å²) in [5, 5.41) is -0.0480. The highest BCUT2D eigenvalue weighted by Crippen LogP contribution is 2.48. The van der Waals surface area contributed by atoms with Gasteiger partial charge in [-0.3, -0.25) is 9.11 Å². The van der Waals surface area contributed by atoms with Gasteiger partial charge in [-0.1, -0.05) is 6.08 Å². The molecule has 12 heteroatoms. The molecular weight excluding hydrogens is 483 g/mol. The van der Waals surface area contributed by atoms with Crippen molar-refractivity contribution < 1.29 is 26.7 Å². The number of hydrogen-bond acceptors (Lipinski definition) is 7. The van der Waals surface area contributed by atoms with Gasteiger partial charge in [-0.25, -0.2) is 22.8 Å². The first-order valence-electron chi connectivity index (χ1n) is 10.8. The van der Waals surface area contributed by atoms with E-state index in [1.165, 1.54) is 29.9 Å². The minimum atomic E-state index is -3.61. The van der Waals surface area contributed by atoms with Gasteiger partial charge in [-0.2, -0.15) is 14.9 Å². The van der Waals surface area contributed by atoms with Gasteiger partial charge in [0, 0.05) is 35.5 Å². The molecule has 0 radical (unpaired) electrons. The summed E-state index contributed by atoms with van der Waals surface area (Å²) in [4.78, 5) is 11.9. The van der Waals surface area contributed by atoms with Crippen LogP contribution in [0.2, 0.25) is 0 Å². The van der Waals surface area contributed by atoms with E-state index < -0.39 is 31.7 Å². The summed E-state index contributed by atoms with van der Waals surface area (Å²) in [5.74, 6) is 0.138. The standard InChI is InChI=1S/C22H25FN4O5S2/c1-32-20-3-2-15(23)10-17(20)21-18-11-19(26-22(18)25-13-24-21)14-4-7-27(8-5-14)34(30,31)16-6-9-33(28,29)12-16/h2-4,10-11,13,16,28-29H,5-9,12H2,1H3,(H,24,25,26). The van der Waals surface area contributed by atoms with Gasteiger partial charge in [0.25, 0.3) is 0 Å². The molecule has 1 saturated heterocycles. The monoisotopic (exact) mass is 508 g/mol. The molecule has 1 fully saturated rings. The normalized spacial score (nSPS) is 22.0. The van der Waals surface area contributed by atoms with Crippen molar-refractivity contribution >= 4 is 37.2 Å². The van der Waals surface area contributed by atoms with Crippen molar-refractivity contribution in [2.75, 3.05) is 31.7 Å². The maximum absolute atomic E-state index is 14.0. The molecule has 0 bridgehead atoms. The molecule has 1 unspecified atom stereocenters. The van der Waals surface area contributed by atoms with E-state index in [2.05, 4.69) is 15.0 Å². The number of nitrogens with one attached hydrogen (secondary N) is 1. The summed E-state index contributed by atoms with van der Waals surface area (Å²) in [7, 11) is -4.89. The average molecular weight is 509 g/mol. The number of aromatic nitrogens is 3. The second-order valence-corrected chi connectivity index (χ2v) is 13.0. The van der Waals surface area contributed by atoms with Crippen molar-refractivity contribution in [1.29, 1.82) is 0 Å². The van der Waals surface area contributed by atoms with Gasteiger partial charge < -0.3 is 9.72 Å². The number of halogens is 1. The van der Waals surface area contributed by atoms with E-state index in [0.29, 0.717) is 41.0 Å². The van der Waals surface area contributed by atoms with E-state index >= 15 is 0 Å². The maximum atomic E-state index is 14.0. The van der Waals surface area contributed by atoms with Gasteiger partial charge in [-0.05, 0) is 42.7 Å². The van der Waals surface area contributed by atoms with E-state index in [9.17, 15) is 21.9 Å². The molecule has 2 aliphatic heterocycles. The number of aromatic amines is 1. The maximum Gasteiger partial charge on any atom is 0.218 e. The van der Waals surface area contributed by atoms with Crippen molar-refractivity contribution in [3.8, 4) is 17.0 Å². The summed E-state index contributed by atoms with van der Waals surface area (Å²) in [6, 6.07) is 6.13. The van der Waals surface area contributed by atoms with Gasteiger partial charge in [0.15, 0.2) is 0 Å². The summed E-state index contributed by atoms with van der Waals surface area (Å²) < 4.78 is 66.4. The van der Waals surface area contributed by atoms with Crippen LogP contribution >= 0.6 is 10.6 Å². The fourth-order valence-electron chi connectivity index (χ4n) is 4.55. The zero-order valence-electron chi connectivity index (χ0n) is 18.4. The Morgan fingerprint density at radius 2 is 2.09 bits per heavy atom. The number of sulfonamides is 1. The van der Waals surface area contributed by atoms with Crippen LogP contribution in [0.5, 0.6) is 5.75 Å². The van der Waals surface area contributed by atoms with Crippen molar-refractivity contribution in [3.05, 3.63) is 48.2 Å². The smallest absolute Gasteiger partial charge is 0.218 e. The van der Waals surface area contributed by atoms with E-state index in [4.69, 9.17) is 4.74 Å². The predicted molar refractivity (Wildman–Crippen MR) is 130 cm³/mol. The molecule has 3 aromatic rings. The molecule has 34 heavy (non-hydrogen) atoms. The van der Waals surface area contributed by atoms with Crippen LogP contribution in [0.25, 0.3) is 27.9 Å². The molecule has 2 aromatic heterocycles. The predicted octanol–water partition coefficient (Wildman–Crippen LogP) is 3.71. The Morgan fingerprint density at radius 1 is 1.26 bits per heavy atom. The highest BCUT2D eigenvalue weighted by molar-refractivity contribution is 8.25. The zero-order valence-corrected chi connectivity index (χ0v) is 20.1. The molecule has 4 heterocycles. The van der Waals surface area contributed by atoms with Crippen LogP contribution in [0.1, 0.15) is 18.5 Å². The van der Waals surface area contributed by atoms with Crippen LogP contribution in [-0.4, -0.2) is 73.7 Å². The average Bonchev–Trinajstić information content (AvgIpc) is 3.42. The second kappa shape index (κ2) is 8.61. The largest absolute Gasteiger partial charge is 0.496 e. The van der Waals surface area contributed by atoms with Crippen molar-refractivity contribution in [3.63, 3.8) is 0 Å². The molecule has 1 atom stereocenters. The third-order valence-corrected chi connectivity index (χ3v) is 10.7. The lowest BCUT2D eigenvalue weighted by atomic mass is 10.0. The Bertz CT molecular complexity index is 1390. The fourth-order valence-corrected chi connectivity index (χ4v) is 9.10. The SMILES string of the molecule is COc1ccc(F)cc1-c1ncnc2[nH]c(C3=CCN(S(=O)(=O)C4CCS(O)(O)C4)CC3)cc12. The molecule has 5 rings (SSSR count). The summed E-state index contributed by atoms with van der Waals surface area (Å²) >= 11 is 0. The Kier molecular flexibility index (Phi) is 5.89. The highest BCUT2D eigenvalue weighted by atomic mass is 32.3. The molecule has 182 valence electrons. The van der Waals surface area contributed by atoms with Crippen LogP contribution < -0.4 is 4.74 Å². The number of nitrogens with zero attached hydrogens (tertiary/aromatic N) is 3. The second-order valence-electron chi connectivity index (χ2n) is 8.48. The fraction of sp³-hybridized carbons (Fsp3) is 0.364. The van der Waals surface area contributed by atoms with Crippen LogP contribution in [0.15, 0.2) is 36.7 Å². The quantitative estimate of drug-likeness (QED) is 0.479. The third kappa shape index (κ3) is 4.20. The first-order chi connectivity index (χ1) is 16.2. The van der Waals surface area contributed by atoms with E-state index in [-0.39, 0.29) is 24.5 Å². The van der Waals surface area contributed by atoms with Crippen molar-refractivity contribution in [1.82, 2.24) is 19.3 Å². The number of rotatable bonds is 5. The lowest BCUT2D eigenvalue weighted by Gasteiger charge is -2.30. The van der Waals surface area contributed by atoms with Gasteiger partial charge in [0.05, 0.1) is 23.8 Å². The van der Waals surface area contributed by atoms with E-state index in [1.807, 2.05) is 12.1 Å². The molecule has 1 aromatic carbocycles. The molecule has 3 N–H and O–H groups in total. The van der Waals surface area contributed by atoms with E-state index in [0.717, 1.165) is 11.3 Å². The summed E-state index contributed by atoms with van der Waals surface area (Å²) in [6.45, 7) is 0.508. The first kappa shape index (κ1) is 23.2. The lowest BCUT2D eigenvalue weighted by molar-refractivity contribution is 0.415. The Labute approximate surface area is 198 Å². The minimum absolute atomic E-state index is 0.0879. The van der Waals surface area contributed by atoms with E-state index in [1.54, 1.807) is 6.07 Å². The Balaban J connectivity index is 1.43. The zero-order chi connectivity index (χ0) is 24.1. The van der Waals surface area contributed by atoms with Crippen LogP contribution in [0.3, 0.4) is 0 Å². The van der Waals surface area contributed by atoms with Crippen molar-refractivity contribution in [2.45, 2.75) is 18.1 Å². The number of fused-ring (bicyclic) bond motifs is 1. The molecule has 0 saturated carbocycles. The van der Waals surface area contributed by atoms with Crippen molar-refractivity contribution in [2.24, 2.45) is 0 Å². The van der Waals surface area contributed by atoms with Crippen LogP contribution in [0.4, 0.5) is 4.39 Å². The topological polar surface area (TPSA) is 129 Å². The Morgan fingerprint density at radius 3 is 2.76 bits per heavy atom. The third-order valence-electron chi connectivity index (χ3n) is 6.36. The molecule has 0 amide bonds. The molecule has 9 nitrogen and oxygen atoms in total. The highest BCUT2D eigenvalue weighted by Gasteiger charge is 2.40. The minimum Gasteiger partial charge on any atom is -0.496 e. The number of benzene rings is 1. The van der Waals surface area contributed by atoms with Crippen LogP contribution in [-0.2, 0) is 10.0 Å². The first-order valence-corrected chi connectivity index (χ1v) is 14.2. The number of hydrogen-bond donors (Lipinski definition) is 3. The molecule has 0 spiro atoms. The Hall–Kier alpha value is -2.51. The number of ether oxygens (including phenoxy) is 1. The molecular formula is C22H25FN4O5S2. The van der Waals surface area contributed by atoms with Crippen LogP contribution in [0, 0.1) is 5.82 Å². The van der Waals surface area contributed by atoms with Gasteiger partial charge in [0.2, 0.25) is 10.0 Å².